The molecule has 0 saturated carbocycles. The van der Waals surface area contributed by atoms with Crippen LogP contribution < -0.4 is 14.6 Å². The number of carboxylic acid groups (broad SMARTS) is 1. The van der Waals surface area contributed by atoms with Gasteiger partial charge in [-0.25, -0.2) is 0 Å². The molecule has 1 heterocycles. The van der Waals surface area contributed by atoms with Crippen molar-refractivity contribution in [3.05, 3.63) is 64.6 Å². The number of amides is 1. The third-order valence-corrected chi connectivity index (χ3v) is 5.29. The smallest absolute Gasteiger partial charge is 0.266 e. The van der Waals surface area contributed by atoms with E-state index in [2.05, 4.69) is 0 Å². The van der Waals surface area contributed by atoms with Crippen molar-refractivity contribution in [3.63, 3.8) is 0 Å². The summed E-state index contributed by atoms with van der Waals surface area (Å²) in [5, 5.41) is 10.4. The number of carbonyl (C=O) groups is 2. The minimum absolute atomic E-state index is 0.150. The number of benzene rings is 2. The number of carboxylic acids is 1. The fourth-order valence-electron chi connectivity index (χ4n) is 2.50. The number of hydrogen-bond acceptors (Lipinski definition) is 7. The van der Waals surface area contributed by atoms with Gasteiger partial charge in [-0.1, -0.05) is 48.2 Å². The molecule has 1 amide bonds. The van der Waals surface area contributed by atoms with Crippen molar-refractivity contribution in [2.24, 2.45) is 0 Å². The summed E-state index contributed by atoms with van der Waals surface area (Å²) in [6.07, 6.45) is 1.75. The number of ether oxygens (including phenoxy) is 2. The molecule has 1 aliphatic rings. The summed E-state index contributed by atoms with van der Waals surface area (Å²) < 4.78 is 10.7. The van der Waals surface area contributed by atoms with E-state index < -0.39 is 12.6 Å². The molecule has 8 heteroatoms. The van der Waals surface area contributed by atoms with Crippen molar-refractivity contribution in [2.75, 3.05) is 13.7 Å². The molecule has 0 aromatic heterocycles. The van der Waals surface area contributed by atoms with Crippen molar-refractivity contribution < 1.29 is 24.2 Å². The molecule has 2 aromatic carbocycles. The Morgan fingerprint density at radius 3 is 2.39 bits per heavy atom. The summed E-state index contributed by atoms with van der Waals surface area (Å²) >= 11 is 6.61. The van der Waals surface area contributed by atoms with E-state index in [0.717, 1.165) is 16.9 Å². The second-order valence-corrected chi connectivity index (χ2v) is 7.52. The van der Waals surface area contributed by atoms with Crippen molar-refractivity contribution in [1.82, 2.24) is 4.90 Å². The molecule has 1 fully saturated rings. The van der Waals surface area contributed by atoms with Gasteiger partial charge in [-0.15, -0.1) is 0 Å². The second-order valence-electron chi connectivity index (χ2n) is 5.85. The van der Waals surface area contributed by atoms with Crippen molar-refractivity contribution >= 4 is 46.3 Å². The summed E-state index contributed by atoms with van der Waals surface area (Å²) in [4.78, 5) is 25.2. The van der Waals surface area contributed by atoms with Crippen LogP contribution in [0.4, 0.5) is 0 Å². The number of carbonyl (C=O) groups excluding carboxylic acids is 2. The molecule has 2 aromatic rings. The highest BCUT2D eigenvalue weighted by Crippen LogP contribution is 2.34. The lowest BCUT2D eigenvalue weighted by atomic mass is 10.2. The van der Waals surface area contributed by atoms with Crippen LogP contribution in [0.2, 0.25) is 0 Å². The number of thiocarbonyl (C=S) groups is 1. The third-order valence-electron chi connectivity index (χ3n) is 3.91. The Bertz CT molecular complexity index is 923. The SMILES string of the molecule is COc1ccc(CN2C(=O)/C(=C/c3ccc(OCC(=O)[O-])cc3)SC2=S)cc1. The molecule has 144 valence electrons. The number of rotatable bonds is 7. The van der Waals surface area contributed by atoms with E-state index in [-0.39, 0.29) is 5.91 Å². The van der Waals surface area contributed by atoms with Gasteiger partial charge in [-0.05, 0) is 41.5 Å². The van der Waals surface area contributed by atoms with Gasteiger partial charge in [0.2, 0.25) is 0 Å². The topological polar surface area (TPSA) is 78.9 Å². The predicted molar refractivity (Wildman–Crippen MR) is 109 cm³/mol. The van der Waals surface area contributed by atoms with Crippen LogP contribution in [0.25, 0.3) is 6.08 Å². The monoisotopic (exact) mass is 414 g/mol. The first kappa shape index (κ1) is 19.9. The number of hydrogen-bond donors (Lipinski definition) is 0. The normalized spacial score (nSPS) is 15.2. The lowest BCUT2D eigenvalue weighted by Crippen LogP contribution is -2.28. The minimum atomic E-state index is -1.29. The number of nitrogens with zero attached hydrogens (tertiary/aromatic N) is 1. The molecule has 1 aliphatic heterocycles. The average molecular weight is 414 g/mol. The van der Waals surface area contributed by atoms with Gasteiger partial charge in [0.05, 0.1) is 24.5 Å². The van der Waals surface area contributed by atoms with Crippen LogP contribution in [0.1, 0.15) is 11.1 Å². The Morgan fingerprint density at radius 2 is 1.79 bits per heavy atom. The van der Waals surface area contributed by atoms with Crippen LogP contribution in [0.5, 0.6) is 11.5 Å². The van der Waals surface area contributed by atoms with Crippen LogP contribution in [-0.2, 0) is 16.1 Å². The Labute approximate surface area is 171 Å². The molecular formula is C20H16NO5S2-. The molecule has 28 heavy (non-hydrogen) atoms. The van der Waals surface area contributed by atoms with E-state index in [1.165, 1.54) is 11.8 Å². The van der Waals surface area contributed by atoms with Gasteiger partial charge in [-0.2, -0.15) is 0 Å². The maximum absolute atomic E-state index is 12.7. The first-order valence-electron chi connectivity index (χ1n) is 8.27. The molecule has 0 bridgehead atoms. The molecule has 6 nitrogen and oxygen atoms in total. The van der Waals surface area contributed by atoms with Crippen molar-refractivity contribution in [2.45, 2.75) is 6.54 Å². The van der Waals surface area contributed by atoms with Crippen LogP contribution >= 0.6 is 24.0 Å². The Morgan fingerprint density at radius 1 is 1.14 bits per heavy atom. The Hall–Kier alpha value is -2.84. The summed E-state index contributed by atoms with van der Waals surface area (Å²) in [7, 11) is 1.60. The zero-order chi connectivity index (χ0) is 20.1. The summed E-state index contributed by atoms with van der Waals surface area (Å²) in [5.74, 6) is -0.276. The Balaban J connectivity index is 1.68. The minimum Gasteiger partial charge on any atom is -0.546 e. The third kappa shape index (κ3) is 4.90. The van der Waals surface area contributed by atoms with Crippen LogP contribution in [-0.4, -0.2) is 34.8 Å². The van der Waals surface area contributed by atoms with E-state index in [1.807, 2.05) is 24.3 Å². The summed E-state index contributed by atoms with van der Waals surface area (Å²) in [5.41, 5.74) is 1.73. The highest BCUT2D eigenvalue weighted by atomic mass is 32.2. The number of thioether (sulfide) groups is 1. The molecule has 3 rings (SSSR count). The van der Waals surface area contributed by atoms with Crippen LogP contribution in [0.15, 0.2) is 53.4 Å². The van der Waals surface area contributed by atoms with E-state index >= 15 is 0 Å². The average Bonchev–Trinajstić information content (AvgIpc) is 2.95. The maximum Gasteiger partial charge on any atom is 0.266 e. The first-order valence-corrected chi connectivity index (χ1v) is 9.50. The quantitative estimate of drug-likeness (QED) is 0.508. The summed E-state index contributed by atoms with van der Waals surface area (Å²) in [6.45, 7) is -0.120. The van der Waals surface area contributed by atoms with E-state index in [1.54, 1.807) is 42.4 Å². The highest BCUT2D eigenvalue weighted by Gasteiger charge is 2.31. The van der Waals surface area contributed by atoms with Gasteiger partial charge >= 0.3 is 0 Å². The van der Waals surface area contributed by atoms with Crippen LogP contribution in [0.3, 0.4) is 0 Å². The van der Waals surface area contributed by atoms with E-state index in [0.29, 0.717) is 21.5 Å². The molecule has 0 unspecified atom stereocenters. The zero-order valence-corrected chi connectivity index (χ0v) is 16.5. The number of aliphatic carboxylic acids is 1. The lowest BCUT2D eigenvalue weighted by molar-refractivity contribution is -0.307. The number of methoxy groups -OCH3 is 1. The molecule has 1 saturated heterocycles. The fraction of sp³-hybridized carbons (Fsp3) is 0.150. The van der Waals surface area contributed by atoms with Crippen molar-refractivity contribution in [3.8, 4) is 11.5 Å². The van der Waals surface area contributed by atoms with E-state index in [4.69, 9.17) is 21.7 Å². The zero-order valence-electron chi connectivity index (χ0n) is 14.9. The molecule has 0 radical (unpaired) electrons. The highest BCUT2D eigenvalue weighted by molar-refractivity contribution is 8.26. The van der Waals surface area contributed by atoms with Gasteiger partial charge in [-0.3, -0.25) is 9.69 Å². The standard InChI is InChI=1S/C20H17NO5S2/c1-25-15-6-4-14(5-7-15)11-21-19(24)17(28-20(21)27)10-13-2-8-16(9-3-13)26-12-18(22)23/h2-10H,11-12H2,1H3,(H,22,23)/p-1/b17-10-. The lowest BCUT2D eigenvalue weighted by Gasteiger charge is -2.14. The first-order chi connectivity index (χ1) is 13.5. The summed E-state index contributed by atoms with van der Waals surface area (Å²) in [6, 6.07) is 14.2. The van der Waals surface area contributed by atoms with Gasteiger partial charge in [0.25, 0.3) is 5.91 Å². The largest absolute Gasteiger partial charge is 0.546 e. The van der Waals surface area contributed by atoms with Crippen molar-refractivity contribution in [1.29, 1.82) is 0 Å². The maximum atomic E-state index is 12.7. The van der Waals surface area contributed by atoms with Gasteiger partial charge in [0.1, 0.15) is 22.4 Å². The van der Waals surface area contributed by atoms with Gasteiger partial charge < -0.3 is 19.4 Å². The van der Waals surface area contributed by atoms with Gasteiger partial charge in [0, 0.05) is 0 Å². The molecular weight excluding hydrogens is 398 g/mol. The molecule has 0 spiro atoms. The molecule has 0 N–H and O–H groups in total. The van der Waals surface area contributed by atoms with Crippen LogP contribution in [0, 0.1) is 0 Å². The van der Waals surface area contributed by atoms with Gasteiger partial charge in [0.15, 0.2) is 0 Å². The fourth-order valence-corrected chi connectivity index (χ4v) is 3.76. The molecule has 0 atom stereocenters. The predicted octanol–water partition coefficient (Wildman–Crippen LogP) is 2.23. The van der Waals surface area contributed by atoms with E-state index in [9.17, 15) is 14.7 Å². The second kappa shape index (κ2) is 8.90. The Kier molecular flexibility index (Phi) is 6.33. The molecule has 0 aliphatic carbocycles.